The van der Waals surface area contributed by atoms with E-state index in [1.165, 1.54) is 0 Å². The first-order valence-electron chi connectivity index (χ1n) is 6.91. The fourth-order valence-corrected chi connectivity index (χ4v) is 2.48. The fourth-order valence-electron chi connectivity index (χ4n) is 2.48. The quantitative estimate of drug-likeness (QED) is 0.617. The third kappa shape index (κ3) is 3.91. The summed E-state index contributed by atoms with van der Waals surface area (Å²) in [6, 6.07) is 9.42. The van der Waals surface area contributed by atoms with Crippen LogP contribution in [0, 0.1) is 11.8 Å². The first kappa shape index (κ1) is 13.8. The van der Waals surface area contributed by atoms with E-state index < -0.39 is 5.97 Å². The Hall–Kier alpha value is -1.64. The van der Waals surface area contributed by atoms with Crippen LogP contribution in [0.15, 0.2) is 30.3 Å². The molecule has 1 aliphatic rings. The first-order valence-corrected chi connectivity index (χ1v) is 6.91. The number of carbonyl (C=O) groups excluding carboxylic acids is 2. The van der Waals surface area contributed by atoms with Gasteiger partial charge in [-0.1, -0.05) is 50.1 Å². The number of esters is 1. The van der Waals surface area contributed by atoms with Gasteiger partial charge in [0.1, 0.15) is 6.61 Å². The molecule has 1 aromatic carbocycles. The number of ether oxygens (including phenoxy) is 1. The Morgan fingerprint density at radius 2 is 1.74 bits per heavy atom. The van der Waals surface area contributed by atoms with Crippen LogP contribution in [0.5, 0.6) is 0 Å². The van der Waals surface area contributed by atoms with Gasteiger partial charge in [-0.3, -0.25) is 4.79 Å². The largest absolute Gasteiger partial charge is 0.455 e. The molecule has 1 saturated carbocycles. The molecule has 0 aliphatic heterocycles. The molecule has 102 valence electrons. The van der Waals surface area contributed by atoms with Crippen molar-refractivity contribution < 1.29 is 14.3 Å². The Labute approximate surface area is 114 Å². The molecule has 0 bridgehead atoms. The molecule has 0 N–H and O–H groups in total. The molecule has 0 spiro atoms. The second kappa shape index (κ2) is 6.50. The van der Waals surface area contributed by atoms with Crippen LogP contribution in [0.3, 0.4) is 0 Å². The van der Waals surface area contributed by atoms with Crippen molar-refractivity contribution in [3.63, 3.8) is 0 Å². The van der Waals surface area contributed by atoms with Crippen LogP contribution in [-0.4, -0.2) is 11.8 Å². The number of hydrogen-bond donors (Lipinski definition) is 0. The van der Waals surface area contributed by atoms with Gasteiger partial charge in [0.2, 0.25) is 5.78 Å². The van der Waals surface area contributed by atoms with Crippen LogP contribution in [0.4, 0.5) is 0 Å². The zero-order valence-electron chi connectivity index (χ0n) is 11.3. The average Bonchev–Trinajstić information content (AvgIpc) is 2.46. The summed E-state index contributed by atoms with van der Waals surface area (Å²) in [7, 11) is 0. The summed E-state index contributed by atoms with van der Waals surface area (Å²) in [6.45, 7) is 2.36. The maximum Gasteiger partial charge on any atom is 0.375 e. The van der Waals surface area contributed by atoms with Gasteiger partial charge >= 0.3 is 5.97 Å². The molecule has 19 heavy (non-hydrogen) atoms. The van der Waals surface area contributed by atoms with Crippen molar-refractivity contribution in [2.75, 3.05) is 0 Å². The lowest BCUT2D eigenvalue weighted by molar-refractivity contribution is -0.157. The van der Waals surface area contributed by atoms with Gasteiger partial charge in [0.15, 0.2) is 0 Å². The number of Topliss-reactive ketones (excluding diaryl/α,β-unsaturated/α-hetero) is 1. The van der Waals surface area contributed by atoms with Gasteiger partial charge in [-0.2, -0.15) is 0 Å². The van der Waals surface area contributed by atoms with E-state index in [0.29, 0.717) is 5.92 Å². The second-order valence-corrected chi connectivity index (χ2v) is 5.38. The number of ketones is 1. The van der Waals surface area contributed by atoms with E-state index >= 15 is 0 Å². The van der Waals surface area contributed by atoms with E-state index in [1.54, 1.807) is 0 Å². The molecule has 0 amide bonds. The molecule has 0 heterocycles. The summed E-state index contributed by atoms with van der Waals surface area (Å²) in [5.41, 5.74) is 0.904. The number of carbonyl (C=O) groups is 2. The summed E-state index contributed by atoms with van der Waals surface area (Å²) in [5.74, 6) is -0.477. The normalized spacial score (nSPS) is 22.8. The Balaban J connectivity index is 1.81. The van der Waals surface area contributed by atoms with Gasteiger partial charge in [0.05, 0.1) is 0 Å². The van der Waals surface area contributed by atoms with Crippen molar-refractivity contribution in [2.45, 2.75) is 39.2 Å². The van der Waals surface area contributed by atoms with E-state index in [-0.39, 0.29) is 18.3 Å². The number of hydrogen-bond acceptors (Lipinski definition) is 3. The smallest absolute Gasteiger partial charge is 0.375 e. The van der Waals surface area contributed by atoms with Gasteiger partial charge < -0.3 is 4.74 Å². The number of benzene rings is 1. The minimum absolute atomic E-state index is 0.125. The van der Waals surface area contributed by atoms with Crippen LogP contribution in [0.1, 0.15) is 38.2 Å². The van der Waals surface area contributed by atoms with Crippen molar-refractivity contribution in [1.29, 1.82) is 0 Å². The molecule has 1 fully saturated rings. The SMILES string of the molecule is C[C@H]1CC[C@H](C(=O)C(=O)OCc2ccccc2)CC1. The molecule has 3 heteroatoms. The number of rotatable bonds is 4. The van der Waals surface area contributed by atoms with E-state index in [0.717, 1.165) is 31.2 Å². The van der Waals surface area contributed by atoms with Gasteiger partial charge in [0, 0.05) is 5.92 Å². The van der Waals surface area contributed by atoms with Gasteiger partial charge in [0.25, 0.3) is 0 Å². The summed E-state index contributed by atoms with van der Waals surface area (Å²) in [4.78, 5) is 23.7. The summed E-state index contributed by atoms with van der Waals surface area (Å²) >= 11 is 0. The predicted octanol–water partition coefficient (Wildman–Crippen LogP) is 3.13. The van der Waals surface area contributed by atoms with Crippen LogP contribution < -0.4 is 0 Å². The van der Waals surface area contributed by atoms with Crippen molar-refractivity contribution in [2.24, 2.45) is 11.8 Å². The Bertz CT molecular complexity index is 431. The highest BCUT2D eigenvalue weighted by Crippen LogP contribution is 2.29. The molecule has 0 radical (unpaired) electrons. The Morgan fingerprint density at radius 1 is 1.11 bits per heavy atom. The van der Waals surface area contributed by atoms with Crippen LogP contribution in [-0.2, 0) is 20.9 Å². The van der Waals surface area contributed by atoms with Crippen molar-refractivity contribution >= 4 is 11.8 Å². The molecule has 0 atom stereocenters. The van der Waals surface area contributed by atoms with Gasteiger partial charge in [-0.05, 0) is 24.3 Å². The van der Waals surface area contributed by atoms with E-state index in [9.17, 15) is 9.59 Å². The molecular formula is C16H20O3. The standard InChI is InChI=1S/C16H20O3/c1-12-7-9-14(10-8-12)15(17)16(18)19-11-13-5-3-2-4-6-13/h2-6,12,14H,7-11H2,1H3/t12-,14-. The van der Waals surface area contributed by atoms with E-state index in [4.69, 9.17) is 4.74 Å². The third-order valence-electron chi connectivity index (χ3n) is 3.80. The zero-order chi connectivity index (χ0) is 13.7. The van der Waals surface area contributed by atoms with Crippen molar-refractivity contribution in [3.05, 3.63) is 35.9 Å². The minimum Gasteiger partial charge on any atom is -0.455 e. The van der Waals surface area contributed by atoms with Crippen LogP contribution >= 0.6 is 0 Å². The molecule has 0 unspecified atom stereocenters. The lowest BCUT2D eigenvalue weighted by atomic mass is 9.81. The summed E-state index contributed by atoms with van der Waals surface area (Å²) in [5, 5.41) is 0. The van der Waals surface area contributed by atoms with Crippen molar-refractivity contribution in [3.8, 4) is 0 Å². The molecular weight excluding hydrogens is 240 g/mol. The van der Waals surface area contributed by atoms with E-state index in [2.05, 4.69) is 6.92 Å². The summed E-state index contributed by atoms with van der Waals surface area (Å²) in [6.07, 6.45) is 3.70. The van der Waals surface area contributed by atoms with Crippen molar-refractivity contribution in [1.82, 2.24) is 0 Å². The lowest BCUT2D eigenvalue weighted by Gasteiger charge is -2.24. The Kier molecular flexibility index (Phi) is 4.72. The highest BCUT2D eigenvalue weighted by atomic mass is 16.5. The van der Waals surface area contributed by atoms with Crippen LogP contribution in [0.25, 0.3) is 0 Å². The Morgan fingerprint density at radius 3 is 2.37 bits per heavy atom. The van der Waals surface area contributed by atoms with E-state index in [1.807, 2.05) is 30.3 Å². The summed E-state index contributed by atoms with van der Waals surface area (Å²) < 4.78 is 5.08. The third-order valence-corrected chi connectivity index (χ3v) is 3.80. The first-order chi connectivity index (χ1) is 9.16. The molecule has 0 saturated heterocycles. The minimum atomic E-state index is -0.677. The molecule has 1 aliphatic carbocycles. The second-order valence-electron chi connectivity index (χ2n) is 5.38. The molecule has 0 aromatic heterocycles. The highest BCUT2D eigenvalue weighted by molar-refractivity contribution is 6.34. The molecule has 2 rings (SSSR count). The van der Waals surface area contributed by atoms with Crippen LogP contribution in [0.2, 0.25) is 0 Å². The fraction of sp³-hybridized carbons (Fsp3) is 0.500. The maximum atomic E-state index is 12.0. The molecule has 1 aromatic rings. The lowest BCUT2D eigenvalue weighted by Crippen LogP contribution is -2.28. The zero-order valence-corrected chi connectivity index (χ0v) is 11.3. The topological polar surface area (TPSA) is 43.4 Å². The maximum absolute atomic E-state index is 12.0. The predicted molar refractivity (Wildman–Crippen MR) is 72.4 cm³/mol. The highest BCUT2D eigenvalue weighted by Gasteiger charge is 2.29. The molecule has 3 nitrogen and oxygen atoms in total. The monoisotopic (exact) mass is 260 g/mol. The van der Waals surface area contributed by atoms with Gasteiger partial charge in [-0.25, -0.2) is 4.79 Å². The average molecular weight is 260 g/mol. The van der Waals surface area contributed by atoms with Gasteiger partial charge in [-0.15, -0.1) is 0 Å².